The quantitative estimate of drug-likeness (QED) is 0.807. The van der Waals surface area contributed by atoms with Crippen LogP contribution in [0.4, 0.5) is 0 Å². The lowest BCUT2D eigenvalue weighted by atomic mass is 9.91. The Morgan fingerprint density at radius 2 is 2.04 bits per heavy atom. The van der Waals surface area contributed by atoms with Crippen molar-refractivity contribution in [2.75, 3.05) is 13.7 Å². The molecular weight excluding hydrogens is 334 g/mol. The van der Waals surface area contributed by atoms with Gasteiger partial charge in [-0.2, -0.15) is 0 Å². The minimum Gasteiger partial charge on any atom is -0.500 e. The molecule has 0 amide bonds. The van der Waals surface area contributed by atoms with Gasteiger partial charge in [0.1, 0.15) is 12.1 Å². The van der Waals surface area contributed by atoms with Crippen molar-refractivity contribution in [3.63, 3.8) is 0 Å². The highest BCUT2D eigenvalue weighted by molar-refractivity contribution is 5.15. The average Bonchev–Trinajstić information content (AvgIpc) is 2.59. The first-order chi connectivity index (χ1) is 12.5. The second-order valence-corrected chi connectivity index (χ2v) is 6.07. The fraction of sp³-hybridized carbons (Fsp3) is 0.444. The van der Waals surface area contributed by atoms with Gasteiger partial charge in [0.2, 0.25) is 0 Å². The molecule has 1 aliphatic carbocycles. The van der Waals surface area contributed by atoms with Gasteiger partial charge in [-0.3, -0.25) is 9.36 Å². The number of allylic oxidation sites excluding steroid dienone is 1. The second kappa shape index (κ2) is 9.10. The number of aromatic nitrogens is 4. The molecule has 0 aliphatic heterocycles. The Labute approximate surface area is 152 Å². The molecule has 0 radical (unpaired) electrons. The molecule has 0 bridgehead atoms. The van der Waals surface area contributed by atoms with Crippen molar-refractivity contribution in [1.29, 1.82) is 0 Å². The maximum Gasteiger partial charge on any atom is 0.331 e. The average molecular weight is 359 g/mol. The Bertz CT molecular complexity index is 886. The van der Waals surface area contributed by atoms with Gasteiger partial charge in [0.15, 0.2) is 0 Å². The molecule has 2 aromatic rings. The van der Waals surface area contributed by atoms with Gasteiger partial charge in [-0.25, -0.2) is 14.8 Å². The van der Waals surface area contributed by atoms with Crippen LogP contribution >= 0.6 is 0 Å². The van der Waals surface area contributed by atoms with E-state index in [1.54, 1.807) is 20.2 Å². The first-order valence-corrected chi connectivity index (χ1v) is 8.45. The summed E-state index contributed by atoms with van der Waals surface area (Å²) in [6.07, 6.45) is 6.57. The first-order valence-electron chi connectivity index (χ1n) is 8.45. The van der Waals surface area contributed by atoms with Gasteiger partial charge in [-0.1, -0.05) is 0 Å². The smallest absolute Gasteiger partial charge is 0.331 e. The predicted molar refractivity (Wildman–Crippen MR) is 98.8 cm³/mol. The van der Waals surface area contributed by atoms with Crippen molar-refractivity contribution in [3.05, 3.63) is 68.2 Å². The summed E-state index contributed by atoms with van der Waals surface area (Å²) in [5, 5.41) is 0. The molecule has 8 heteroatoms. The van der Waals surface area contributed by atoms with Gasteiger partial charge >= 0.3 is 5.69 Å². The maximum atomic E-state index is 11.8. The van der Waals surface area contributed by atoms with E-state index in [0.717, 1.165) is 16.0 Å². The molecule has 0 unspecified atom stereocenters. The highest BCUT2D eigenvalue weighted by Gasteiger charge is 2.13. The number of ether oxygens (including phenoxy) is 1. The molecule has 1 fully saturated rings. The summed E-state index contributed by atoms with van der Waals surface area (Å²) in [7, 11) is 3.29. The highest BCUT2D eigenvalue weighted by atomic mass is 16.5. The van der Waals surface area contributed by atoms with Crippen molar-refractivity contribution >= 4 is 0 Å². The van der Waals surface area contributed by atoms with Crippen LogP contribution in [0.5, 0.6) is 0 Å². The Balaban J connectivity index is 0.000000228. The molecule has 2 heterocycles. The third-order valence-electron chi connectivity index (χ3n) is 4.20. The Morgan fingerprint density at radius 3 is 2.54 bits per heavy atom. The fourth-order valence-corrected chi connectivity index (χ4v) is 2.52. The van der Waals surface area contributed by atoms with Gasteiger partial charge in [-0.05, 0) is 37.8 Å². The van der Waals surface area contributed by atoms with Gasteiger partial charge in [0.25, 0.3) is 5.56 Å². The number of nitrogens with two attached hydrogens (primary N) is 1. The van der Waals surface area contributed by atoms with Crippen LogP contribution in [0.2, 0.25) is 0 Å². The predicted octanol–water partition coefficient (Wildman–Crippen LogP) is 0.723. The van der Waals surface area contributed by atoms with E-state index < -0.39 is 0 Å². The fourth-order valence-electron chi connectivity index (χ4n) is 2.52. The molecule has 8 nitrogen and oxygen atoms in total. The van der Waals surface area contributed by atoms with Crippen LogP contribution in [0.15, 0.2) is 45.6 Å². The van der Waals surface area contributed by atoms with Crippen LogP contribution in [0.25, 0.3) is 0 Å². The molecule has 0 atom stereocenters. The van der Waals surface area contributed by atoms with E-state index in [0.29, 0.717) is 12.2 Å². The molecule has 0 spiro atoms. The Morgan fingerprint density at radius 1 is 1.31 bits per heavy atom. The topological polar surface area (TPSA) is 105 Å². The normalized spacial score (nSPS) is 12.7. The zero-order valence-corrected chi connectivity index (χ0v) is 15.4. The molecule has 26 heavy (non-hydrogen) atoms. The summed E-state index contributed by atoms with van der Waals surface area (Å²) in [4.78, 5) is 31.3. The molecule has 2 aromatic heterocycles. The summed E-state index contributed by atoms with van der Waals surface area (Å²) in [6, 6.07) is 3.11. The zero-order valence-electron chi connectivity index (χ0n) is 15.4. The van der Waals surface area contributed by atoms with Gasteiger partial charge < -0.3 is 15.0 Å². The zero-order chi connectivity index (χ0) is 19.1. The molecule has 1 saturated carbocycles. The molecule has 3 rings (SSSR count). The van der Waals surface area contributed by atoms with Crippen LogP contribution < -0.4 is 17.0 Å². The van der Waals surface area contributed by atoms with Crippen LogP contribution in [-0.4, -0.2) is 32.8 Å². The number of hydrogen-bond acceptors (Lipinski definition) is 6. The van der Waals surface area contributed by atoms with Gasteiger partial charge in [0.05, 0.1) is 25.9 Å². The van der Waals surface area contributed by atoms with Crippen LogP contribution in [0, 0.1) is 6.92 Å². The summed E-state index contributed by atoms with van der Waals surface area (Å²) in [6.45, 7) is 2.55. The van der Waals surface area contributed by atoms with Crippen molar-refractivity contribution in [2.45, 2.75) is 32.7 Å². The standard InChI is InChI=1S/C11H12N4O2.C7H13NO/c1-8-5-9(13-7-12-8)6-15-10(16)3-4-14(2)11(15)17;1-9-7(5-8)6-3-2-4-6/h3-5,7H,6H2,1-2H3;2-5,8H2,1H3. The minimum absolute atomic E-state index is 0.162. The van der Waals surface area contributed by atoms with E-state index in [4.69, 9.17) is 10.5 Å². The molecular formula is C18H25N5O3. The van der Waals surface area contributed by atoms with E-state index in [1.807, 2.05) is 6.92 Å². The van der Waals surface area contributed by atoms with Crippen molar-refractivity contribution in [3.8, 4) is 0 Å². The minimum atomic E-state index is -0.353. The van der Waals surface area contributed by atoms with Crippen molar-refractivity contribution in [2.24, 2.45) is 12.8 Å². The number of rotatable bonds is 4. The lowest BCUT2D eigenvalue weighted by Gasteiger charge is -2.19. The number of hydrogen-bond donors (Lipinski definition) is 1. The summed E-state index contributed by atoms with van der Waals surface area (Å²) < 4.78 is 7.56. The largest absolute Gasteiger partial charge is 0.500 e. The van der Waals surface area contributed by atoms with Gasteiger partial charge in [-0.15, -0.1) is 0 Å². The van der Waals surface area contributed by atoms with Crippen LogP contribution in [0.3, 0.4) is 0 Å². The maximum absolute atomic E-state index is 11.8. The highest BCUT2D eigenvalue weighted by Crippen LogP contribution is 2.28. The van der Waals surface area contributed by atoms with Crippen molar-refractivity contribution < 1.29 is 4.74 Å². The number of aryl methyl sites for hydroxylation is 2. The molecule has 1 aliphatic rings. The van der Waals surface area contributed by atoms with Crippen LogP contribution in [-0.2, 0) is 18.3 Å². The summed E-state index contributed by atoms with van der Waals surface area (Å²) >= 11 is 0. The van der Waals surface area contributed by atoms with E-state index in [1.165, 1.54) is 48.0 Å². The lowest BCUT2D eigenvalue weighted by molar-refractivity contribution is 0.274. The summed E-state index contributed by atoms with van der Waals surface area (Å²) in [5.74, 6) is 1.00. The second-order valence-electron chi connectivity index (χ2n) is 6.07. The van der Waals surface area contributed by atoms with Crippen LogP contribution in [0.1, 0.15) is 30.7 Å². The third-order valence-corrected chi connectivity index (χ3v) is 4.20. The van der Waals surface area contributed by atoms with E-state index >= 15 is 0 Å². The molecule has 2 N–H and O–H groups in total. The molecule has 0 saturated heterocycles. The Kier molecular flexibility index (Phi) is 6.85. The molecule has 0 aromatic carbocycles. The number of nitrogens with zero attached hydrogens (tertiary/aromatic N) is 4. The van der Waals surface area contributed by atoms with Gasteiger partial charge in [0, 0.05) is 25.0 Å². The monoisotopic (exact) mass is 359 g/mol. The first kappa shape index (κ1) is 19.6. The molecule has 140 valence electrons. The summed E-state index contributed by atoms with van der Waals surface area (Å²) in [5.41, 5.74) is 7.59. The third kappa shape index (κ3) is 4.89. The van der Waals surface area contributed by atoms with Crippen molar-refractivity contribution in [1.82, 2.24) is 19.1 Å². The lowest BCUT2D eigenvalue weighted by Crippen LogP contribution is -2.38. The SMILES string of the molecule is COC(CN)=C1CCC1.Cc1cc(Cn2c(=O)ccn(C)c2=O)ncn1. The number of methoxy groups -OCH3 is 1. The Hall–Kier alpha value is -2.74. The van der Waals surface area contributed by atoms with E-state index in [2.05, 4.69) is 9.97 Å². The van der Waals surface area contributed by atoms with E-state index in [-0.39, 0.29) is 17.8 Å². The van der Waals surface area contributed by atoms with E-state index in [9.17, 15) is 9.59 Å².